The van der Waals surface area contributed by atoms with E-state index in [0.29, 0.717) is 17.1 Å². The van der Waals surface area contributed by atoms with Crippen LogP contribution in [-0.2, 0) is 20.9 Å². The molecule has 1 aliphatic heterocycles. The van der Waals surface area contributed by atoms with Crippen LogP contribution < -0.4 is 20.3 Å². The van der Waals surface area contributed by atoms with E-state index < -0.39 is 11.8 Å². The summed E-state index contributed by atoms with van der Waals surface area (Å²) in [7, 11) is 1.62. The standard InChI is InChI=1S/C17H16N4O4/c1-21-13-8-12(2-3-14(13)25-10-15(21)22)20-17(24)16(23)19-9-11-4-6-18-7-5-11/h2-8H,9-10H2,1H3,(H,19,23)(H,20,24). The van der Waals surface area contributed by atoms with E-state index in [9.17, 15) is 14.4 Å². The Morgan fingerprint density at radius 1 is 1.20 bits per heavy atom. The molecule has 0 radical (unpaired) electrons. The molecule has 0 spiro atoms. The van der Waals surface area contributed by atoms with Crippen molar-refractivity contribution in [2.75, 3.05) is 23.9 Å². The number of hydrogen-bond acceptors (Lipinski definition) is 5. The number of rotatable bonds is 3. The van der Waals surface area contributed by atoms with Crippen molar-refractivity contribution in [2.45, 2.75) is 6.54 Å². The number of hydrogen-bond donors (Lipinski definition) is 2. The molecule has 3 amide bonds. The molecule has 3 rings (SSSR count). The fourth-order valence-electron chi connectivity index (χ4n) is 2.30. The van der Waals surface area contributed by atoms with E-state index in [0.717, 1.165) is 5.56 Å². The van der Waals surface area contributed by atoms with Gasteiger partial charge < -0.3 is 20.3 Å². The van der Waals surface area contributed by atoms with Crippen molar-refractivity contribution < 1.29 is 19.1 Å². The minimum atomic E-state index is -0.792. The smallest absolute Gasteiger partial charge is 0.313 e. The molecule has 8 nitrogen and oxygen atoms in total. The Bertz CT molecular complexity index is 823. The number of nitrogens with zero attached hydrogens (tertiary/aromatic N) is 2. The minimum absolute atomic E-state index is 0.0212. The van der Waals surface area contributed by atoms with Crippen LogP contribution in [0.5, 0.6) is 5.75 Å². The molecule has 25 heavy (non-hydrogen) atoms. The summed E-state index contributed by atoms with van der Waals surface area (Å²) in [5.41, 5.74) is 1.77. The van der Waals surface area contributed by atoms with Gasteiger partial charge in [0, 0.05) is 31.7 Å². The molecule has 128 valence electrons. The van der Waals surface area contributed by atoms with Gasteiger partial charge in [-0.15, -0.1) is 0 Å². The third-order valence-corrected chi connectivity index (χ3v) is 3.71. The van der Waals surface area contributed by atoms with Gasteiger partial charge in [-0.1, -0.05) is 0 Å². The highest BCUT2D eigenvalue weighted by Gasteiger charge is 2.23. The van der Waals surface area contributed by atoms with Crippen LogP contribution >= 0.6 is 0 Å². The molecule has 2 heterocycles. The SMILES string of the molecule is CN1C(=O)COc2ccc(NC(=O)C(=O)NCc3ccncc3)cc21. The number of pyridine rings is 1. The van der Waals surface area contributed by atoms with E-state index in [1.807, 2.05) is 0 Å². The lowest BCUT2D eigenvalue weighted by molar-refractivity contribution is -0.136. The Labute approximate surface area is 143 Å². The number of likely N-dealkylation sites (N-methyl/N-ethyl adjacent to an activating group) is 1. The normalized spacial score (nSPS) is 12.8. The molecule has 0 bridgehead atoms. The Kier molecular flexibility index (Phi) is 4.60. The average Bonchev–Trinajstić information content (AvgIpc) is 2.64. The van der Waals surface area contributed by atoms with Gasteiger partial charge in [0.15, 0.2) is 6.61 Å². The number of anilines is 2. The lowest BCUT2D eigenvalue weighted by Crippen LogP contribution is -2.36. The van der Waals surface area contributed by atoms with Crippen LogP contribution in [0.3, 0.4) is 0 Å². The largest absolute Gasteiger partial charge is 0.482 e. The van der Waals surface area contributed by atoms with Crippen molar-refractivity contribution in [1.82, 2.24) is 10.3 Å². The number of carbonyl (C=O) groups excluding carboxylic acids is 3. The molecule has 0 unspecified atom stereocenters. The Hall–Kier alpha value is -3.42. The monoisotopic (exact) mass is 340 g/mol. The summed E-state index contributed by atoms with van der Waals surface area (Å²) < 4.78 is 5.31. The fourth-order valence-corrected chi connectivity index (χ4v) is 2.30. The van der Waals surface area contributed by atoms with Gasteiger partial charge in [-0.25, -0.2) is 0 Å². The number of fused-ring (bicyclic) bond motifs is 1. The third kappa shape index (κ3) is 3.74. The van der Waals surface area contributed by atoms with Crippen molar-refractivity contribution in [3.8, 4) is 5.75 Å². The van der Waals surface area contributed by atoms with Gasteiger partial charge in [-0.3, -0.25) is 19.4 Å². The van der Waals surface area contributed by atoms with E-state index in [1.165, 1.54) is 4.90 Å². The average molecular weight is 340 g/mol. The van der Waals surface area contributed by atoms with Gasteiger partial charge in [-0.05, 0) is 35.9 Å². The number of carbonyl (C=O) groups is 3. The highest BCUT2D eigenvalue weighted by Crippen LogP contribution is 2.33. The van der Waals surface area contributed by atoms with Gasteiger partial charge in [0.25, 0.3) is 5.91 Å². The molecule has 0 atom stereocenters. The van der Waals surface area contributed by atoms with Gasteiger partial charge in [0.1, 0.15) is 5.75 Å². The number of amides is 3. The van der Waals surface area contributed by atoms with E-state index >= 15 is 0 Å². The van der Waals surface area contributed by atoms with Crippen LogP contribution in [-0.4, -0.2) is 36.4 Å². The summed E-state index contributed by atoms with van der Waals surface area (Å²) in [4.78, 5) is 40.9. The summed E-state index contributed by atoms with van der Waals surface area (Å²) in [5, 5.41) is 5.04. The van der Waals surface area contributed by atoms with Crippen LogP contribution in [0.15, 0.2) is 42.7 Å². The Balaban J connectivity index is 1.63. The molecule has 1 aromatic carbocycles. The molecule has 1 aliphatic rings. The molecule has 2 aromatic rings. The van der Waals surface area contributed by atoms with Crippen LogP contribution in [0.25, 0.3) is 0 Å². The maximum absolute atomic E-state index is 12.0. The van der Waals surface area contributed by atoms with Gasteiger partial charge in [0.2, 0.25) is 0 Å². The zero-order chi connectivity index (χ0) is 17.8. The lowest BCUT2D eigenvalue weighted by atomic mass is 10.2. The van der Waals surface area contributed by atoms with Gasteiger partial charge in [-0.2, -0.15) is 0 Å². The molecule has 8 heteroatoms. The van der Waals surface area contributed by atoms with E-state index in [1.54, 1.807) is 49.8 Å². The first-order valence-electron chi connectivity index (χ1n) is 7.56. The van der Waals surface area contributed by atoms with Crippen LogP contribution in [0.4, 0.5) is 11.4 Å². The van der Waals surface area contributed by atoms with E-state index in [2.05, 4.69) is 15.6 Å². The molecule has 0 saturated heterocycles. The van der Waals surface area contributed by atoms with Crippen LogP contribution in [0, 0.1) is 0 Å². The van der Waals surface area contributed by atoms with Gasteiger partial charge in [0.05, 0.1) is 5.69 Å². The number of nitrogens with one attached hydrogen (secondary N) is 2. The van der Waals surface area contributed by atoms with E-state index in [4.69, 9.17) is 4.74 Å². The number of ether oxygens (including phenoxy) is 1. The number of benzene rings is 1. The molecule has 0 aliphatic carbocycles. The number of aromatic nitrogens is 1. The highest BCUT2D eigenvalue weighted by molar-refractivity contribution is 6.39. The topological polar surface area (TPSA) is 101 Å². The van der Waals surface area contributed by atoms with Crippen molar-refractivity contribution in [2.24, 2.45) is 0 Å². The first-order valence-corrected chi connectivity index (χ1v) is 7.56. The summed E-state index contributed by atoms with van der Waals surface area (Å²) in [5.74, 6) is -1.19. The lowest BCUT2D eigenvalue weighted by Gasteiger charge is -2.26. The summed E-state index contributed by atoms with van der Waals surface area (Å²) >= 11 is 0. The summed E-state index contributed by atoms with van der Waals surface area (Å²) in [6.45, 7) is 0.205. The maximum Gasteiger partial charge on any atom is 0.313 e. The molecule has 2 N–H and O–H groups in total. The third-order valence-electron chi connectivity index (χ3n) is 3.71. The second-order valence-corrected chi connectivity index (χ2v) is 5.42. The first kappa shape index (κ1) is 16.4. The van der Waals surface area contributed by atoms with Crippen molar-refractivity contribution in [1.29, 1.82) is 0 Å². The zero-order valence-corrected chi connectivity index (χ0v) is 13.5. The van der Waals surface area contributed by atoms with Crippen molar-refractivity contribution in [3.05, 3.63) is 48.3 Å². The Morgan fingerprint density at radius 2 is 1.96 bits per heavy atom. The maximum atomic E-state index is 12.0. The zero-order valence-electron chi connectivity index (χ0n) is 13.5. The highest BCUT2D eigenvalue weighted by atomic mass is 16.5. The second-order valence-electron chi connectivity index (χ2n) is 5.42. The van der Waals surface area contributed by atoms with Crippen molar-refractivity contribution in [3.63, 3.8) is 0 Å². The first-order chi connectivity index (χ1) is 12.0. The van der Waals surface area contributed by atoms with Crippen LogP contribution in [0.2, 0.25) is 0 Å². The molecule has 1 aromatic heterocycles. The van der Waals surface area contributed by atoms with Crippen molar-refractivity contribution >= 4 is 29.1 Å². The molecule has 0 saturated carbocycles. The predicted octanol–water partition coefficient (Wildman–Crippen LogP) is 0.692. The minimum Gasteiger partial charge on any atom is -0.482 e. The van der Waals surface area contributed by atoms with Crippen LogP contribution in [0.1, 0.15) is 5.56 Å². The van der Waals surface area contributed by atoms with E-state index in [-0.39, 0.29) is 19.1 Å². The quantitative estimate of drug-likeness (QED) is 0.801. The molecule has 0 fully saturated rings. The molecular formula is C17H16N4O4. The fraction of sp³-hybridized carbons (Fsp3) is 0.176. The summed E-state index contributed by atoms with van der Waals surface area (Å²) in [6, 6.07) is 8.32. The Morgan fingerprint density at radius 3 is 2.72 bits per heavy atom. The second kappa shape index (κ2) is 7.00. The molecular weight excluding hydrogens is 324 g/mol. The predicted molar refractivity (Wildman–Crippen MR) is 90.1 cm³/mol. The summed E-state index contributed by atoms with van der Waals surface area (Å²) in [6.07, 6.45) is 3.21. The van der Waals surface area contributed by atoms with Gasteiger partial charge >= 0.3 is 11.8 Å².